The second-order valence-corrected chi connectivity index (χ2v) is 4.84. The molecule has 0 aromatic carbocycles. The predicted molar refractivity (Wildman–Crippen MR) is 65.3 cm³/mol. The van der Waals surface area contributed by atoms with Crippen molar-refractivity contribution in [2.45, 2.75) is 71.1 Å². The molecule has 0 saturated heterocycles. The van der Waals surface area contributed by atoms with Crippen LogP contribution in [-0.4, -0.2) is 11.9 Å². The van der Waals surface area contributed by atoms with E-state index in [9.17, 15) is 19.8 Å². The summed E-state index contributed by atoms with van der Waals surface area (Å²) in [6, 6.07) is 0. The third kappa shape index (κ3) is 10.1. The Hall–Kier alpha value is -1.06. The van der Waals surface area contributed by atoms with Crippen LogP contribution >= 0.6 is 0 Å². The summed E-state index contributed by atoms with van der Waals surface area (Å²) in [6.07, 6.45) is 7.98. The Morgan fingerprint density at radius 3 is 2.00 bits per heavy atom. The molecular weight excluding hydrogens is 232 g/mol. The van der Waals surface area contributed by atoms with E-state index < -0.39 is 17.9 Å². The van der Waals surface area contributed by atoms with E-state index in [2.05, 4.69) is 6.92 Å². The minimum Gasteiger partial charge on any atom is -0.550 e. The molecule has 1 atom stereocenters. The summed E-state index contributed by atoms with van der Waals surface area (Å²) in [7, 11) is 0. The number of carbonyl (C=O) groups is 2. The molecule has 0 amide bonds. The van der Waals surface area contributed by atoms with E-state index >= 15 is 0 Å². The molecule has 0 N–H and O–H groups in total. The van der Waals surface area contributed by atoms with E-state index in [-0.39, 0.29) is 6.42 Å². The molecule has 0 radical (unpaired) electrons. The van der Waals surface area contributed by atoms with E-state index in [1.807, 2.05) is 0 Å². The van der Waals surface area contributed by atoms with Crippen LogP contribution in [0.5, 0.6) is 0 Å². The van der Waals surface area contributed by atoms with Crippen LogP contribution in [0.1, 0.15) is 71.1 Å². The Morgan fingerprint density at radius 2 is 1.44 bits per heavy atom. The molecule has 0 saturated carbocycles. The van der Waals surface area contributed by atoms with Gasteiger partial charge >= 0.3 is 0 Å². The first kappa shape index (κ1) is 16.9. The molecule has 0 aliphatic heterocycles. The number of carboxylic acids is 2. The fourth-order valence-electron chi connectivity index (χ4n) is 2.04. The van der Waals surface area contributed by atoms with Gasteiger partial charge in [0.1, 0.15) is 0 Å². The Balaban J connectivity index is 3.64. The zero-order valence-corrected chi connectivity index (χ0v) is 11.3. The summed E-state index contributed by atoms with van der Waals surface area (Å²) in [5, 5.41) is 21.1. The SMILES string of the molecule is CCCCCCCCC(CCCC(=O)[O-])C(=O)[O-]. The molecular formula is C14H24O4-2. The second-order valence-electron chi connectivity index (χ2n) is 4.84. The molecule has 106 valence electrons. The van der Waals surface area contributed by atoms with Crippen molar-refractivity contribution in [2.75, 3.05) is 0 Å². The maximum atomic E-state index is 10.9. The molecule has 0 spiro atoms. The van der Waals surface area contributed by atoms with E-state index in [4.69, 9.17) is 0 Å². The molecule has 0 aliphatic carbocycles. The summed E-state index contributed by atoms with van der Waals surface area (Å²) < 4.78 is 0. The van der Waals surface area contributed by atoms with Crippen molar-refractivity contribution in [2.24, 2.45) is 5.92 Å². The van der Waals surface area contributed by atoms with Crippen molar-refractivity contribution in [3.63, 3.8) is 0 Å². The summed E-state index contributed by atoms with van der Waals surface area (Å²) in [6.45, 7) is 2.16. The topological polar surface area (TPSA) is 80.3 Å². The molecule has 0 aromatic rings. The highest BCUT2D eigenvalue weighted by atomic mass is 16.4. The third-order valence-electron chi connectivity index (χ3n) is 3.17. The highest BCUT2D eigenvalue weighted by Crippen LogP contribution is 2.17. The minimum absolute atomic E-state index is 0.0692. The van der Waals surface area contributed by atoms with Crippen LogP contribution in [-0.2, 0) is 9.59 Å². The molecule has 18 heavy (non-hydrogen) atoms. The number of carboxylic acid groups (broad SMARTS) is 2. The lowest BCUT2D eigenvalue weighted by Crippen LogP contribution is -2.31. The zero-order chi connectivity index (χ0) is 13.8. The molecule has 0 bridgehead atoms. The smallest absolute Gasteiger partial charge is 0.0445 e. The molecule has 4 heteroatoms. The van der Waals surface area contributed by atoms with E-state index in [1.165, 1.54) is 19.3 Å². The fraction of sp³-hybridized carbons (Fsp3) is 0.857. The molecule has 0 fully saturated rings. The monoisotopic (exact) mass is 256 g/mol. The molecule has 0 aliphatic rings. The molecule has 0 heterocycles. The highest BCUT2D eigenvalue weighted by molar-refractivity contribution is 5.68. The zero-order valence-electron chi connectivity index (χ0n) is 11.3. The van der Waals surface area contributed by atoms with Crippen molar-refractivity contribution in [3.05, 3.63) is 0 Å². The molecule has 4 nitrogen and oxygen atoms in total. The van der Waals surface area contributed by atoms with Crippen LogP contribution in [0.2, 0.25) is 0 Å². The van der Waals surface area contributed by atoms with Gasteiger partial charge in [0, 0.05) is 11.9 Å². The lowest BCUT2D eigenvalue weighted by molar-refractivity contribution is -0.313. The first-order valence-electron chi connectivity index (χ1n) is 6.98. The molecule has 1 unspecified atom stereocenters. The van der Waals surface area contributed by atoms with Gasteiger partial charge in [-0.3, -0.25) is 0 Å². The van der Waals surface area contributed by atoms with Gasteiger partial charge in [-0.25, -0.2) is 0 Å². The Morgan fingerprint density at radius 1 is 0.889 bits per heavy atom. The van der Waals surface area contributed by atoms with Crippen LogP contribution in [0.15, 0.2) is 0 Å². The number of rotatable bonds is 12. The van der Waals surface area contributed by atoms with Crippen LogP contribution in [0.4, 0.5) is 0 Å². The van der Waals surface area contributed by atoms with Gasteiger partial charge in [0.25, 0.3) is 0 Å². The van der Waals surface area contributed by atoms with Gasteiger partial charge in [0.05, 0.1) is 0 Å². The molecule has 0 aromatic heterocycles. The van der Waals surface area contributed by atoms with Gasteiger partial charge in [-0.1, -0.05) is 45.4 Å². The minimum atomic E-state index is -1.12. The van der Waals surface area contributed by atoms with Gasteiger partial charge in [-0.15, -0.1) is 0 Å². The van der Waals surface area contributed by atoms with Crippen molar-refractivity contribution < 1.29 is 19.8 Å². The summed E-state index contributed by atoms with van der Waals surface area (Å²) >= 11 is 0. The Kier molecular flexibility index (Phi) is 10.4. The summed E-state index contributed by atoms with van der Waals surface area (Å²) in [4.78, 5) is 21.1. The van der Waals surface area contributed by atoms with Crippen LogP contribution < -0.4 is 10.2 Å². The van der Waals surface area contributed by atoms with Crippen LogP contribution in [0.3, 0.4) is 0 Å². The van der Waals surface area contributed by atoms with Gasteiger partial charge in [0.15, 0.2) is 0 Å². The third-order valence-corrected chi connectivity index (χ3v) is 3.17. The lowest BCUT2D eigenvalue weighted by atomic mass is 9.95. The number of hydrogen-bond acceptors (Lipinski definition) is 4. The van der Waals surface area contributed by atoms with Crippen molar-refractivity contribution in [1.82, 2.24) is 0 Å². The normalized spacial score (nSPS) is 12.3. The maximum absolute atomic E-state index is 10.9. The van der Waals surface area contributed by atoms with Crippen LogP contribution in [0.25, 0.3) is 0 Å². The van der Waals surface area contributed by atoms with Crippen molar-refractivity contribution in [3.8, 4) is 0 Å². The number of aliphatic carboxylic acids is 2. The number of hydrogen-bond donors (Lipinski definition) is 0. The highest BCUT2D eigenvalue weighted by Gasteiger charge is 2.09. The van der Waals surface area contributed by atoms with Gasteiger partial charge < -0.3 is 19.8 Å². The van der Waals surface area contributed by atoms with E-state index in [1.54, 1.807) is 0 Å². The maximum Gasteiger partial charge on any atom is 0.0445 e. The quantitative estimate of drug-likeness (QED) is 0.488. The fourth-order valence-corrected chi connectivity index (χ4v) is 2.04. The average Bonchev–Trinajstić information content (AvgIpc) is 2.30. The van der Waals surface area contributed by atoms with Gasteiger partial charge in [-0.05, 0) is 31.6 Å². The van der Waals surface area contributed by atoms with Crippen molar-refractivity contribution in [1.29, 1.82) is 0 Å². The first-order chi connectivity index (χ1) is 8.57. The first-order valence-corrected chi connectivity index (χ1v) is 6.98. The number of unbranched alkanes of at least 4 members (excludes halogenated alkanes) is 5. The van der Waals surface area contributed by atoms with Gasteiger partial charge in [-0.2, -0.15) is 0 Å². The predicted octanol–water partition coefficient (Wildman–Crippen LogP) is 1.02. The Labute approximate surface area is 109 Å². The summed E-state index contributed by atoms with van der Waals surface area (Å²) in [5.74, 6) is -2.68. The van der Waals surface area contributed by atoms with Crippen LogP contribution in [0, 0.1) is 5.92 Å². The van der Waals surface area contributed by atoms with Gasteiger partial charge in [0.2, 0.25) is 0 Å². The summed E-state index contributed by atoms with van der Waals surface area (Å²) in [5.41, 5.74) is 0. The molecule has 0 rings (SSSR count). The largest absolute Gasteiger partial charge is 0.550 e. The Bertz CT molecular complexity index is 238. The van der Waals surface area contributed by atoms with E-state index in [0.717, 1.165) is 19.3 Å². The van der Waals surface area contributed by atoms with Crippen molar-refractivity contribution >= 4 is 11.9 Å². The average molecular weight is 256 g/mol. The standard InChI is InChI=1S/C14H26O4/c1-2-3-4-5-6-7-9-12(14(17)18)10-8-11-13(15)16/h12H,2-11H2,1H3,(H,15,16)(H,17,18)/p-2. The van der Waals surface area contributed by atoms with E-state index in [0.29, 0.717) is 19.3 Å². The lowest BCUT2D eigenvalue weighted by Gasteiger charge is -2.17. The second kappa shape index (κ2) is 11.1. The number of carbonyl (C=O) groups excluding carboxylic acids is 2.